The summed E-state index contributed by atoms with van der Waals surface area (Å²) in [5.41, 5.74) is 6.90. The van der Waals surface area contributed by atoms with Crippen LogP contribution in [0.15, 0.2) is 66.7 Å². The maximum atomic E-state index is 6.08. The Morgan fingerprint density at radius 2 is 1.32 bits per heavy atom. The van der Waals surface area contributed by atoms with Crippen molar-refractivity contribution in [2.45, 2.75) is 0 Å². The normalized spacial score (nSPS) is 12.0. The van der Waals surface area contributed by atoms with Crippen molar-refractivity contribution in [3.63, 3.8) is 0 Å². The van der Waals surface area contributed by atoms with E-state index in [2.05, 4.69) is 59.9 Å². The van der Waals surface area contributed by atoms with Crippen molar-refractivity contribution >= 4 is 35.1 Å². The Labute approximate surface area is 134 Å². The molecule has 0 aliphatic carbocycles. The van der Waals surface area contributed by atoms with E-state index in [4.69, 9.17) is 11.6 Å². The zero-order chi connectivity index (χ0) is 14.9. The minimum atomic E-state index is 0.751. The number of halogens is 1. The molecule has 0 spiro atoms. The highest BCUT2D eigenvalue weighted by atomic mass is 35.5. The third-order valence-electron chi connectivity index (χ3n) is 3.88. The molecule has 4 rings (SSSR count). The van der Waals surface area contributed by atoms with Gasteiger partial charge in [0.15, 0.2) is 0 Å². The molecule has 1 aliphatic rings. The molecular weight excluding hydrogens is 290 g/mol. The van der Waals surface area contributed by atoms with E-state index in [1.165, 1.54) is 16.7 Å². The second-order valence-electron chi connectivity index (χ2n) is 5.36. The van der Waals surface area contributed by atoms with Gasteiger partial charge in [-0.25, -0.2) is 0 Å². The molecule has 0 bridgehead atoms. The van der Waals surface area contributed by atoms with E-state index in [-0.39, 0.29) is 0 Å². The zero-order valence-electron chi connectivity index (χ0n) is 11.9. The molecule has 0 unspecified atom stereocenters. The van der Waals surface area contributed by atoms with Crippen molar-refractivity contribution < 1.29 is 0 Å². The summed E-state index contributed by atoms with van der Waals surface area (Å²) < 4.78 is 0. The van der Waals surface area contributed by atoms with E-state index in [0.717, 1.165) is 22.0 Å². The number of hydrogen-bond donors (Lipinski definition) is 1. The van der Waals surface area contributed by atoms with Gasteiger partial charge in [0.1, 0.15) is 0 Å². The van der Waals surface area contributed by atoms with Crippen LogP contribution < -0.4 is 5.32 Å². The smallest absolute Gasteiger partial charge is 0.0459 e. The monoisotopic (exact) mass is 303 g/mol. The lowest BCUT2D eigenvalue weighted by Gasteiger charge is -2.11. The minimum Gasteiger partial charge on any atom is -0.355 e. The van der Waals surface area contributed by atoms with E-state index in [9.17, 15) is 0 Å². The van der Waals surface area contributed by atoms with Crippen LogP contribution in [0.25, 0.3) is 23.3 Å². The molecule has 22 heavy (non-hydrogen) atoms. The van der Waals surface area contributed by atoms with Gasteiger partial charge < -0.3 is 5.32 Å². The number of nitrogens with one attached hydrogen (secondary N) is 1. The average molecular weight is 304 g/mol. The van der Waals surface area contributed by atoms with Gasteiger partial charge in [0.25, 0.3) is 0 Å². The Morgan fingerprint density at radius 1 is 0.636 bits per heavy atom. The highest BCUT2D eigenvalue weighted by Gasteiger charge is 2.10. The maximum absolute atomic E-state index is 6.08. The van der Waals surface area contributed by atoms with Crippen molar-refractivity contribution in [2.75, 3.05) is 5.32 Å². The molecule has 1 N–H and O–H groups in total. The van der Waals surface area contributed by atoms with E-state index in [1.807, 2.05) is 24.3 Å². The summed E-state index contributed by atoms with van der Waals surface area (Å²) in [5.74, 6) is 0. The Bertz CT molecular complexity index is 866. The number of fused-ring (bicyclic) bond motifs is 2. The summed E-state index contributed by atoms with van der Waals surface area (Å²) in [7, 11) is 0. The van der Waals surface area contributed by atoms with Crippen molar-refractivity contribution in [1.82, 2.24) is 0 Å². The van der Waals surface area contributed by atoms with Crippen molar-refractivity contribution in [1.29, 1.82) is 0 Å². The molecular formula is C20H14ClN. The standard InChI is InChI=1S/C20H14ClN/c21-18-9-11-20-17(13-18)7-6-16-12-15(8-10-19(16)22-20)14-4-2-1-3-5-14/h1-13,22H. The average Bonchev–Trinajstić information content (AvgIpc) is 2.74. The molecule has 1 aliphatic heterocycles. The van der Waals surface area contributed by atoms with Gasteiger partial charge in [0, 0.05) is 16.4 Å². The Balaban J connectivity index is 1.79. The van der Waals surface area contributed by atoms with E-state index < -0.39 is 0 Å². The number of anilines is 2. The van der Waals surface area contributed by atoms with Gasteiger partial charge >= 0.3 is 0 Å². The molecule has 3 aromatic rings. The first-order valence-corrected chi connectivity index (χ1v) is 7.61. The van der Waals surface area contributed by atoms with Crippen LogP contribution in [-0.2, 0) is 0 Å². The fraction of sp³-hybridized carbons (Fsp3) is 0. The number of hydrogen-bond acceptors (Lipinski definition) is 1. The second-order valence-corrected chi connectivity index (χ2v) is 5.79. The summed E-state index contributed by atoms with van der Waals surface area (Å²) in [5, 5.41) is 4.24. The first kappa shape index (κ1) is 13.2. The van der Waals surface area contributed by atoms with Gasteiger partial charge in [-0.05, 0) is 52.6 Å². The molecule has 1 heterocycles. The van der Waals surface area contributed by atoms with Crippen LogP contribution in [0.4, 0.5) is 11.4 Å². The van der Waals surface area contributed by atoms with Crippen LogP contribution in [0.1, 0.15) is 11.1 Å². The van der Waals surface area contributed by atoms with Gasteiger partial charge in [0.05, 0.1) is 0 Å². The van der Waals surface area contributed by atoms with Gasteiger partial charge in [-0.1, -0.05) is 60.2 Å². The Hall–Kier alpha value is -2.51. The lowest BCUT2D eigenvalue weighted by atomic mass is 10.0. The highest BCUT2D eigenvalue weighted by molar-refractivity contribution is 6.30. The topological polar surface area (TPSA) is 12.0 Å². The van der Waals surface area contributed by atoms with Crippen molar-refractivity contribution in [3.8, 4) is 11.1 Å². The van der Waals surface area contributed by atoms with E-state index >= 15 is 0 Å². The van der Waals surface area contributed by atoms with Crippen LogP contribution in [0.5, 0.6) is 0 Å². The largest absolute Gasteiger partial charge is 0.355 e. The number of rotatable bonds is 1. The highest BCUT2D eigenvalue weighted by Crippen LogP contribution is 2.34. The molecule has 0 saturated heterocycles. The second kappa shape index (κ2) is 5.36. The summed E-state index contributed by atoms with van der Waals surface area (Å²) in [4.78, 5) is 0. The predicted octanol–water partition coefficient (Wildman–Crippen LogP) is 6.23. The molecule has 0 saturated carbocycles. The summed E-state index contributed by atoms with van der Waals surface area (Å²) in [6.07, 6.45) is 4.24. The van der Waals surface area contributed by atoms with Gasteiger partial charge in [-0.3, -0.25) is 0 Å². The molecule has 0 aromatic heterocycles. The van der Waals surface area contributed by atoms with Crippen LogP contribution in [-0.4, -0.2) is 0 Å². The molecule has 0 radical (unpaired) electrons. The third-order valence-corrected chi connectivity index (χ3v) is 4.12. The zero-order valence-corrected chi connectivity index (χ0v) is 12.6. The van der Waals surface area contributed by atoms with Crippen molar-refractivity contribution in [2.24, 2.45) is 0 Å². The van der Waals surface area contributed by atoms with Gasteiger partial charge in [-0.15, -0.1) is 0 Å². The quantitative estimate of drug-likeness (QED) is 0.439. The fourth-order valence-corrected chi connectivity index (χ4v) is 2.92. The summed E-state index contributed by atoms with van der Waals surface area (Å²) >= 11 is 6.08. The summed E-state index contributed by atoms with van der Waals surface area (Å²) in [6, 6.07) is 22.8. The molecule has 3 aromatic carbocycles. The molecule has 0 atom stereocenters. The van der Waals surface area contributed by atoms with Crippen LogP contribution in [0.2, 0.25) is 5.02 Å². The minimum absolute atomic E-state index is 0.751. The van der Waals surface area contributed by atoms with Gasteiger partial charge in [-0.2, -0.15) is 0 Å². The van der Waals surface area contributed by atoms with Crippen molar-refractivity contribution in [3.05, 3.63) is 82.9 Å². The third kappa shape index (κ3) is 2.40. The first-order valence-electron chi connectivity index (χ1n) is 7.24. The lowest BCUT2D eigenvalue weighted by Crippen LogP contribution is -1.93. The fourth-order valence-electron chi connectivity index (χ4n) is 2.73. The predicted molar refractivity (Wildman–Crippen MR) is 95.5 cm³/mol. The first-order chi connectivity index (χ1) is 10.8. The molecule has 1 nitrogen and oxygen atoms in total. The van der Waals surface area contributed by atoms with Crippen LogP contribution in [0.3, 0.4) is 0 Å². The number of benzene rings is 3. The molecule has 106 valence electrons. The molecule has 2 heteroatoms. The Kier molecular flexibility index (Phi) is 3.21. The van der Waals surface area contributed by atoms with E-state index in [0.29, 0.717) is 0 Å². The summed E-state index contributed by atoms with van der Waals surface area (Å²) in [6.45, 7) is 0. The van der Waals surface area contributed by atoms with Crippen LogP contribution in [0, 0.1) is 0 Å². The van der Waals surface area contributed by atoms with E-state index in [1.54, 1.807) is 0 Å². The van der Waals surface area contributed by atoms with Gasteiger partial charge in [0.2, 0.25) is 0 Å². The van der Waals surface area contributed by atoms with Crippen LogP contribution >= 0.6 is 11.6 Å². The molecule has 0 amide bonds. The Morgan fingerprint density at radius 3 is 2.09 bits per heavy atom. The lowest BCUT2D eigenvalue weighted by molar-refractivity contribution is 1.52. The molecule has 0 fully saturated rings. The maximum Gasteiger partial charge on any atom is 0.0459 e. The SMILES string of the molecule is Clc1ccc2c(c1)C=Cc1cc(-c3ccccc3)ccc1N2.